The molecule has 0 saturated carbocycles. The highest BCUT2D eigenvalue weighted by molar-refractivity contribution is 5.49. The molecule has 0 fully saturated rings. The third-order valence-corrected chi connectivity index (χ3v) is 2.24. The molecule has 2 aromatic rings. The molecule has 16 heavy (non-hydrogen) atoms. The van der Waals surface area contributed by atoms with Gasteiger partial charge in [0.2, 0.25) is 0 Å². The van der Waals surface area contributed by atoms with E-state index in [0.717, 1.165) is 22.7 Å². The van der Waals surface area contributed by atoms with Gasteiger partial charge in [0.1, 0.15) is 12.4 Å². The first-order chi connectivity index (χ1) is 7.75. The first-order valence-corrected chi connectivity index (χ1v) is 4.99. The van der Waals surface area contributed by atoms with Crippen LogP contribution in [0.25, 0.3) is 0 Å². The summed E-state index contributed by atoms with van der Waals surface area (Å²) in [4.78, 5) is 8.09. The van der Waals surface area contributed by atoms with Crippen molar-refractivity contribution in [1.29, 1.82) is 0 Å². The molecule has 0 radical (unpaired) electrons. The minimum absolute atomic E-state index is 0.414. The number of hydrogen-bond acceptors (Lipinski definition) is 4. The third kappa shape index (κ3) is 2.48. The Morgan fingerprint density at radius 3 is 2.88 bits per heavy atom. The second-order valence-electron chi connectivity index (χ2n) is 3.50. The van der Waals surface area contributed by atoms with Crippen LogP contribution in [-0.2, 0) is 6.61 Å². The van der Waals surface area contributed by atoms with Crippen LogP contribution < -0.4 is 10.5 Å². The largest absolute Gasteiger partial charge is 0.487 e. The van der Waals surface area contributed by atoms with Crippen molar-refractivity contribution in [1.82, 2.24) is 9.97 Å². The first-order valence-electron chi connectivity index (χ1n) is 4.99. The molecule has 0 unspecified atom stereocenters. The van der Waals surface area contributed by atoms with Crippen LogP contribution in [0.2, 0.25) is 0 Å². The molecule has 4 heteroatoms. The Labute approximate surface area is 94.1 Å². The van der Waals surface area contributed by atoms with Crippen molar-refractivity contribution in [3.8, 4) is 5.75 Å². The van der Waals surface area contributed by atoms with Gasteiger partial charge in [-0.3, -0.25) is 9.97 Å². The van der Waals surface area contributed by atoms with Gasteiger partial charge in [-0.1, -0.05) is 0 Å². The van der Waals surface area contributed by atoms with E-state index in [4.69, 9.17) is 10.5 Å². The second kappa shape index (κ2) is 4.61. The number of ether oxygens (including phenoxy) is 1. The lowest BCUT2D eigenvalue weighted by Gasteiger charge is -2.07. The van der Waals surface area contributed by atoms with Crippen LogP contribution in [0.15, 0.2) is 36.8 Å². The predicted molar refractivity (Wildman–Crippen MR) is 62.0 cm³/mol. The zero-order chi connectivity index (χ0) is 11.4. The number of nitrogens with two attached hydrogens (primary N) is 1. The Hall–Kier alpha value is -2.10. The summed E-state index contributed by atoms with van der Waals surface area (Å²) in [6.07, 6.45) is 4.97. The number of rotatable bonds is 3. The molecule has 0 bridgehead atoms. The van der Waals surface area contributed by atoms with Gasteiger partial charge in [-0.05, 0) is 30.7 Å². The summed E-state index contributed by atoms with van der Waals surface area (Å²) >= 11 is 0. The summed E-state index contributed by atoms with van der Waals surface area (Å²) in [5.74, 6) is 0.789. The Morgan fingerprint density at radius 2 is 2.19 bits per heavy atom. The van der Waals surface area contributed by atoms with E-state index in [-0.39, 0.29) is 0 Å². The zero-order valence-electron chi connectivity index (χ0n) is 9.05. The second-order valence-corrected chi connectivity index (χ2v) is 3.50. The van der Waals surface area contributed by atoms with Crippen molar-refractivity contribution in [3.63, 3.8) is 0 Å². The topological polar surface area (TPSA) is 61.0 Å². The Balaban J connectivity index is 2.03. The number of aromatic nitrogens is 2. The van der Waals surface area contributed by atoms with E-state index in [1.807, 2.05) is 25.1 Å². The predicted octanol–water partition coefficient (Wildman–Crippen LogP) is 1.95. The lowest BCUT2D eigenvalue weighted by atomic mass is 10.2. The average Bonchev–Trinajstić information content (AvgIpc) is 2.32. The van der Waals surface area contributed by atoms with E-state index in [2.05, 4.69) is 9.97 Å². The number of aryl methyl sites for hydroxylation is 1. The summed E-state index contributed by atoms with van der Waals surface area (Å²) in [7, 11) is 0. The Morgan fingerprint density at radius 1 is 1.31 bits per heavy atom. The monoisotopic (exact) mass is 215 g/mol. The maximum atomic E-state index is 5.72. The van der Waals surface area contributed by atoms with Crippen LogP contribution >= 0.6 is 0 Å². The lowest BCUT2D eigenvalue weighted by molar-refractivity contribution is 0.300. The molecule has 0 spiro atoms. The zero-order valence-corrected chi connectivity index (χ0v) is 9.05. The van der Waals surface area contributed by atoms with E-state index in [1.165, 1.54) is 0 Å². The normalized spacial score (nSPS) is 10.1. The van der Waals surface area contributed by atoms with Crippen LogP contribution in [0.4, 0.5) is 5.69 Å². The third-order valence-electron chi connectivity index (χ3n) is 2.24. The maximum Gasteiger partial charge on any atom is 0.132 e. The van der Waals surface area contributed by atoms with Crippen LogP contribution in [0.3, 0.4) is 0 Å². The van der Waals surface area contributed by atoms with Crippen molar-refractivity contribution in [3.05, 3.63) is 48.0 Å². The summed E-state index contributed by atoms with van der Waals surface area (Å²) in [5.41, 5.74) is 8.30. The fraction of sp³-hybridized carbons (Fsp3) is 0.167. The number of anilines is 1. The van der Waals surface area contributed by atoms with Crippen molar-refractivity contribution in [2.24, 2.45) is 0 Å². The molecule has 82 valence electrons. The molecule has 0 aliphatic rings. The standard InChI is InChI=1S/C12H13N3O/c1-9-6-11(2-3-12(9)13)16-8-10-7-14-4-5-15-10/h2-7H,8,13H2,1H3. The molecule has 0 aliphatic carbocycles. The molecule has 0 atom stereocenters. The van der Waals surface area contributed by atoms with E-state index in [0.29, 0.717) is 6.61 Å². The van der Waals surface area contributed by atoms with Crippen LogP contribution in [0, 0.1) is 6.92 Å². The highest BCUT2D eigenvalue weighted by Crippen LogP contribution is 2.19. The summed E-state index contributed by atoms with van der Waals surface area (Å²) < 4.78 is 5.57. The highest BCUT2D eigenvalue weighted by Gasteiger charge is 1.99. The van der Waals surface area contributed by atoms with Gasteiger partial charge in [-0.15, -0.1) is 0 Å². The fourth-order valence-electron chi connectivity index (χ4n) is 1.30. The van der Waals surface area contributed by atoms with Crippen molar-refractivity contribution >= 4 is 5.69 Å². The molecule has 2 N–H and O–H groups in total. The van der Waals surface area contributed by atoms with Gasteiger partial charge in [-0.2, -0.15) is 0 Å². The summed E-state index contributed by atoms with van der Waals surface area (Å²) in [6.45, 7) is 2.36. The minimum Gasteiger partial charge on any atom is -0.487 e. The van der Waals surface area contributed by atoms with Gasteiger partial charge < -0.3 is 10.5 Å². The first kappa shape index (κ1) is 10.4. The van der Waals surface area contributed by atoms with E-state index >= 15 is 0 Å². The number of nitrogen functional groups attached to an aromatic ring is 1. The lowest BCUT2D eigenvalue weighted by Crippen LogP contribution is -1.99. The molecular weight excluding hydrogens is 202 g/mol. The summed E-state index contributed by atoms with van der Waals surface area (Å²) in [6, 6.07) is 5.59. The van der Waals surface area contributed by atoms with Crippen molar-refractivity contribution in [2.45, 2.75) is 13.5 Å². The quantitative estimate of drug-likeness (QED) is 0.795. The SMILES string of the molecule is Cc1cc(OCc2cnccn2)ccc1N. The van der Waals surface area contributed by atoms with Gasteiger partial charge >= 0.3 is 0 Å². The highest BCUT2D eigenvalue weighted by atomic mass is 16.5. The number of benzene rings is 1. The molecule has 2 rings (SSSR count). The molecular formula is C12H13N3O. The molecule has 0 aliphatic heterocycles. The maximum absolute atomic E-state index is 5.72. The molecule has 1 aromatic heterocycles. The molecule has 1 aromatic carbocycles. The van der Waals surface area contributed by atoms with Gasteiger partial charge in [0, 0.05) is 18.1 Å². The smallest absolute Gasteiger partial charge is 0.132 e. The molecule has 0 amide bonds. The van der Waals surface area contributed by atoms with E-state index < -0.39 is 0 Å². The molecule has 0 saturated heterocycles. The van der Waals surface area contributed by atoms with Crippen LogP contribution in [-0.4, -0.2) is 9.97 Å². The van der Waals surface area contributed by atoms with Crippen molar-refractivity contribution in [2.75, 3.05) is 5.73 Å². The van der Waals surface area contributed by atoms with Crippen molar-refractivity contribution < 1.29 is 4.74 Å². The van der Waals surface area contributed by atoms with Gasteiger partial charge in [0.15, 0.2) is 0 Å². The summed E-state index contributed by atoms with van der Waals surface area (Å²) in [5, 5.41) is 0. The number of nitrogens with zero attached hydrogens (tertiary/aromatic N) is 2. The van der Waals surface area contributed by atoms with E-state index in [9.17, 15) is 0 Å². The Kier molecular flexibility index (Phi) is 3.00. The van der Waals surface area contributed by atoms with Crippen LogP contribution in [0.5, 0.6) is 5.75 Å². The van der Waals surface area contributed by atoms with Gasteiger partial charge in [0.05, 0.1) is 11.9 Å². The number of hydrogen-bond donors (Lipinski definition) is 1. The van der Waals surface area contributed by atoms with Gasteiger partial charge in [-0.25, -0.2) is 0 Å². The van der Waals surface area contributed by atoms with E-state index in [1.54, 1.807) is 18.6 Å². The van der Waals surface area contributed by atoms with Gasteiger partial charge in [0.25, 0.3) is 0 Å². The Bertz CT molecular complexity index is 471. The minimum atomic E-state index is 0.414. The average molecular weight is 215 g/mol. The molecule has 1 heterocycles. The van der Waals surface area contributed by atoms with Crippen LogP contribution in [0.1, 0.15) is 11.3 Å². The molecule has 4 nitrogen and oxygen atoms in total. The fourth-order valence-corrected chi connectivity index (χ4v) is 1.30.